The molecule has 1 aromatic rings. The molecule has 3 amide bonds. The summed E-state index contributed by atoms with van der Waals surface area (Å²) in [7, 11) is 1.44. The molecule has 0 radical (unpaired) electrons. The third-order valence-corrected chi connectivity index (χ3v) is 2.50. The summed E-state index contributed by atoms with van der Waals surface area (Å²) in [6, 6.07) is 5.63. The van der Waals surface area contributed by atoms with Gasteiger partial charge in [-0.2, -0.15) is 5.26 Å². The molecular weight excluding hydrogens is 318 g/mol. The molecule has 0 aliphatic carbocycles. The number of urea groups is 1. The predicted molar refractivity (Wildman–Crippen MR) is 81.8 cm³/mol. The van der Waals surface area contributed by atoms with E-state index in [0.29, 0.717) is 17.1 Å². The number of nitrogens with zero attached hydrogens (tertiary/aromatic N) is 1. The van der Waals surface area contributed by atoms with Crippen LogP contribution in [0.5, 0.6) is 11.5 Å². The number of carbonyl (C=O) groups excluding carboxylic acids is 3. The van der Waals surface area contributed by atoms with Crippen LogP contribution in [0.4, 0.5) is 4.79 Å². The van der Waals surface area contributed by atoms with Crippen molar-refractivity contribution in [3.8, 4) is 17.6 Å². The Morgan fingerprint density at radius 1 is 1.33 bits per heavy atom. The number of nitriles is 1. The fourth-order valence-electron chi connectivity index (χ4n) is 1.54. The topological polar surface area (TPSA) is 141 Å². The minimum absolute atomic E-state index is 0.120. The molecule has 0 atom stereocenters. The Morgan fingerprint density at radius 3 is 2.71 bits per heavy atom. The maximum absolute atomic E-state index is 11.5. The molecule has 24 heavy (non-hydrogen) atoms. The third kappa shape index (κ3) is 6.48. The van der Waals surface area contributed by atoms with Gasteiger partial charge >= 0.3 is 12.0 Å². The monoisotopic (exact) mass is 333 g/mol. The van der Waals surface area contributed by atoms with Crippen LogP contribution in [-0.2, 0) is 14.3 Å². The summed E-state index contributed by atoms with van der Waals surface area (Å²) in [4.78, 5) is 33.0. The highest BCUT2D eigenvalue weighted by Crippen LogP contribution is 2.28. The van der Waals surface area contributed by atoms with Crippen LogP contribution in [0, 0.1) is 11.3 Å². The summed E-state index contributed by atoms with van der Waals surface area (Å²) in [5.74, 6) is -0.827. The third-order valence-electron chi connectivity index (χ3n) is 2.50. The maximum atomic E-state index is 11.5. The standard InChI is InChI=1S/C15H15N3O6/c1-22-12-8-10(2-4-11(12)23-7-6-16)3-5-14(20)24-9-13(19)18-15(17)21/h2-5,8H,7,9H2,1H3,(H3,17,18,19,21)/b5-3+. The van der Waals surface area contributed by atoms with Crippen molar-refractivity contribution in [2.45, 2.75) is 0 Å². The quantitative estimate of drug-likeness (QED) is 0.541. The lowest BCUT2D eigenvalue weighted by Crippen LogP contribution is -2.37. The Labute approximate surface area is 137 Å². The first-order chi connectivity index (χ1) is 11.5. The van der Waals surface area contributed by atoms with Crippen molar-refractivity contribution < 1.29 is 28.6 Å². The minimum Gasteiger partial charge on any atom is -0.493 e. The molecule has 0 heterocycles. The molecule has 0 spiro atoms. The second-order valence-electron chi connectivity index (χ2n) is 4.21. The number of nitrogens with one attached hydrogen (secondary N) is 1. The van der Waals surface area contributed by atoms with Crippen molar-refractivity contribution in [3.63, 3.8) is 0 Å². The van der Waals surface area contributed by atoms with Crippen LogP contribution in [-0.4, -0.2) is 38.2 Å². The van der Waals surface area contributed by atoms with E-state index in [-0.39, 0.29) is 6.61 Å². The van der Waals surface area contributed by atoms with Crippen LogP contribution >= 0.6 is 0 Å². The highest BCUT2D eigenvalue weighted by molar-refractivity contribution is 5.95. The van der Waals surface area contributed by atoms with Crippen LogP contribution < -0.4 is 20.5 Å². The predicted octanol–water partition coefficient (Wildman–Crippen LogP) is 0.349. The molecule has 0 fully saturated rings. The molecule has 0 unspecified atom stereocenters. The number of primary amides is 1. The smallest absolute Gasteiger partial charge is 0.331 e. The number of nitrogens with two attached hydrogens (primary N) is 1. The van der Waals surface area contributed by atoms with Gasteiger partial charge < -0.3 is 19.9 Å². The molecule has 3 N–H and O–H groups in total. The lowest BCUT2D eigenvalue weighted by molar-refractivity contribution is -0.143. The fraction of sp³-hybridized carbons (Fsp3) is 0.200. The Balaban J connectivity index is 2.63. The van der Waals surface area contributed by atoms with E-state index in [1.807, 2.05) is 6.07 Å². The average Bonchev–Trinajstić information content (AvgIpc) is 2.55. The lowest BCUT2D eigenvalue weighted by atomic mass is 10.2. The molecule has 0 saturated heterocycles. The number of ether oxygens (including phenoxy) is 3. The van der Waals surface area contributed by atoms with Gasteiger partial charge in [-0.3, -0.25) is 10.1 Å². The largest absolute Gasteiger partial charge is 0.493 e. The average molecular weight is 333 g/mol. The van der Waals surface area contributed by atoms with Gasteiger partial charge in [0.15, 0.2) is 24.7 Å². The Morgan fingerprint density at radius 2 is 2.08 bits per heavy atom. The summed E-state index contributed by atoms with van der Waals surface area (Å²) in [5.41, 5.74) is 5.35. The van der Waals surface area contributed by atoms with Gasteiger partial charge in [-0.05, 0) is 23.8 Å². The number of benzene rings is 1. The van der Waals surface area contributed by atoms with Crippen molar-refractivity contribution in [1.82, 2.24) is 5.32 Å². The van der Waals surface area contributed by atoms with E-state index >= 15 is 0 Å². The molecule has 1 aromatic carbocycles. The SMILES string of the molecule is COc1cc(/C=C/C(=O)OCC(=O)NC(N)=O)ccc1OCC#N. The van der Waals surface area contributed by atoms with Crippen LogP contribution in [0.3, 0.4) is 0 Å². The molecule has 0 aromatic heterocycles. The Bertz CT molecular complexity index is 693. The summed E-state index contributed by atoms with van der Waals surface area (Å²) in [5, 5.41) is 10.3. The van der Waals surface area contributed by atoms with Gasteiger partial charge in [0.05, 0.1) is 7.11 Å². The van der Waals surface area contributed by atoms with Crippen molar-refractivity contribution in [3.05, 3.63) is 29.8 Å². The molecule has 126 valence electrons. The van der Waals surface area contributed by atoms with Gasteiger partial charge in [0.25, 0.3) is 5.91 Å². The second kappa shape index (κ2) is 9.47. The van der Waals surface area contributed by atoms with Crippen molar-refractivity contribution in [2.24, 2.45) is 5.73 Å². The van der Waals surface area contributed by atoms with Gasteiger partial charge in [-0.25, -0.2) is 9.59 Å². The number of methoxy groups -OCH3 is 1. The molecule has 9 nitrogen and oxygen atoms in total. The van der Waals surface area contributed by atoms with E-state index in [4.69, 9.17) is 20.5 Å². The zero-order valence-electron chi connectivity index (χ0n) is 12.8. The van der Waals surface area contributed by atoms with E-state index in [1.54, 1.807) is 23.5 Å². The molecule has 0 saturated carbocycles. The van der Waals surface area contributed by atoms with Crippen LogP contribution in [0.1, 0.15) is 5.56 Å². The van der Waals surface area contributed by atoms with Gasteiger partial charge in [-0.1, -0.05) is 6.07 Å². The summed E-state index contributed by atoms with van der Waals surface area (Å²) >= 11 is 0. The normalized spacial score (nSPS) is 9.83. The lowest BCUT2D eigenvalue weighted by Gasteiger charge is -2.08. The zero-order valence-corrected chi connectivity index (χ0v) is 12.8. The molecule has 0 bridgehead atoms. The number of amides is 3. The van der Waals surface area contributed by atoms with Crippen LogP contribution in [0.25, 0.3) is 6.08 Å². The summed E-state index contributed by atoms with van der Waals surface area (Å²) in [6.07, 6.45) is 2.53. The van der Waals surface area contributed by atoms with Crippen LogP contribution in [0.2, 0.25) is 0 Å². The first-order valence-electron chi connectivity index (χ1n) is 6.58. The number of hydrogen-bond acceptors (Lipinski definition) is 7. The Hall–Kier alpha value is -3.54. The minimum atomic E-state index is -1.03. The van der Waals surface area contributed by atoms with E-state index < -0.39 is 24.5 Å². The van der Waals surface area contributed by atoms with Gasteiger partial charge in [0.2, 0.25) is 0 Å². The first kappa shape index (κ1) is 18.5. The number of hydrogen-bond donors (Lipinski definition) is 2. The first-order valence-corrected chi connectivity index (χ1v) is 6.58. The van der Waals surface area contributed by atoms with Crippen molar-refractivity contribution >= 4 is 24.0 Å². The van der Waals surface area contributed by atoms with E-state index in [2.05, 4.69) is 4.74 Å². The van der Waals surface area contributed by atoms with Crippen molar-refractivity contribution in [2.75, 3.05) is 20.3 Å². The summed E-state index contributed by atoms with van der Waals surface area (Å²) in [6.45, 7) is -0.748. The molecule has 0 aliphatic heterocycles. The second-order valence-corrected chi connectivity index (χ2v) is 4.21. The van der Waals surface area contributed by atoms with Gasteiger partial charge in [0, 0.05) is 6.08 Å². The van der Waals surface area contributed by atoms with Crippen molar-refractivity contribution in [1.29, 1.82) is 5.26 Å². The number of carbonyl (C=O) groups is 3. The van der Waals surface area contributed by atoms with Gasteiger partial charge in [-0.15, -0.1) is 0 Å². The van der Waals surface area contributed by atoms with E-state index in [1.165, 1.54) is 13.2 Å². The van der Waals surface area contributed by atoms with E-state index in [0.717, 1.165) is 6.08 Å². The highest BCUT2D eigenvalue weighted by atomic mass is 16.5. The number of rotatable bonds is 7. The fourth-order valence-corrected chi connectivity index (χ4v) is 1.54. The molecular formula is C15H15N3O6. The maximum Gasteiger partial charge on any atom is 0.331 e. The van der Waals surface area contributed by atoms with E-state index in [9.17, 15) is 14.4 Å². The zero-order chi connectivity index (χ0) is 17.9. The highest BCUT2D eigenvalue weighted by Gasteiger charge is 2.07. The molecule has 0 aliphatic rings. The molecule has 9 heteroatoms. The summed E-state index contributed by atoms with van der Waals surface area (Å²) < 4.78 is 14.9. The number of esters is 1. The number of imide groups is 1. The molecule has 1 rings (SSSR count). The van der Waals surface area contributed by atoms with Crippen LogP contribution in [0.15, 0.2) is 24.3 Å². The van der Waals surface area contributed by atoms with Gasteiger partial charge in [0.1, 0.15) is 6.07 Å². The Kier molecular flexibility index (Phi) is 7.30.